The van der Waals surface area contributed by atoms with Gasteiger partial charge >= 0.3 is 11.9 Å². The molecule has 0 bridgehead atoms. The number of carboxylic acid groups (broad SMARTS) is 2. The molecule has 1 fully saturated rings. The molecule has 0 aromatic carbocycles. The molecule has 0 saturated carbocycles. The molecular formula is C49H86N3O17. The molecule has 1 radical (unpaired) electrons. The summed E-state index contributed by atoms with van der Waals surface area (Å²) in [5, 5.41) is 27.4. The Morgan fingerprint density at radius 3 is 1.32 bits per heavy atom. The van der Waals surface area contributed by atoms with Crippen LogP contribution in [0, 0.1) is 5.92 Å². The predicted octanol–water partition coefficient (Wildman–Crippen LogP) is 4.27. The first kappa shape index (κ1) is 63.4. The lowest BCUT2D eigenvalue weighted by atomic mass is 9.90. The molecule has 1 saturated heterocycles. The van der Waals surface area contributed by atoms with Gasteiger partial charge in [-0.05, 0) is 25.7 Å². The molecule has 5 N–H and O–H groups in total. The number of rotatable bonds is 34. The van der Waals surface area contributed by atoms with Crippen molar-refractivity contribution in [3.8, 4) is 0 Å². The summed E-state index contributed by atoms with van der Waals surface area (Å²) in [5.74, 6) is -6.74. The van der Waals surface area contributed by atoms with Gasteiger partial charge in [-0.2, -0.15) is 0 Å². The molecule has 20 heteroatoms. The van der Waals surface area contributed by atoms with Crippen LogP contribution >= 0.6 is 0 Å². The van der Waals surface area contributed by atoms with Crippen molar-refractivity contribution in [1.29, 1.82) is 0 Å². The second-order valence-electron chi connectivity index (χ2n) is 17.0. The van der Waals surface area contributed by atoms with Gasteiger partial charge in [0.1, 0.15) is 17.9 Å². The summed E-state index contributed by atoms with van der Waals surface area (Å²) in [5.41, 5.74) is 0. The summed E-state index contributed by atoms with van der Waals surface area (Å²) in [6, 6.07) is -3.04. The van der Waals surface area contributed by atoms with Crippen molar-refractivity contribution in [3.05, 3.63) is 0 Å². The maximum atomic E-state index is 13.6. The molecule has 1 aliphatic heterocycles. The van der Waals surface area contributed by atoms with Crippen LogP contribution in [0.25, 0.3) is 0 Å². The lowest BCUT2D eigenvalue weighted by Crippen LogP contribution is -2.49. The zero-order chi connectivity index (χ0) is 50.3. The van der Waals surface area contributed by atoms with Crippen molar-refractivity contribution in [2.24, 2.45) is 5.92 Å². The van der Waals surface area contributed by atoms with Crippen molar-refractivity contribution in [1.82, 2.24) is 16.0 Å². The van der Waals surface area contributed by atoms with Gasteiger partial charge in [0.25, 0.3) is 0 Å². The Bertz CT molecular complexity index is 1340. The zero-order valence-corrected chi connectivity index (χ0v) is 41.3. The van der Waals surface area contributed by atoms with Gasteiger partial charge in [0.05, 0.1) is 112 Å². The summed E-state index contributed by atoms with van der Waals surface area (Å²) in [6.45, 7) is 6.31. The van der Waals surface area contributed by atoms with E-state index < -0.39 is 59.9 Å². The number of ketones is 1. The zero-order valence-electron chi connectivity index (χ0n) is 41.3. The maximum absolute atomic E-state index is 13.6. The topological polar surface area (TPSA) is 270 Å². The third-order valence-electron chi connectivity index (χ3n) is 11.2. The Kier molecular flexibility index (Phi) is 42.9. The largest absolute Gasteiger partial charge is 0.480 e. The quantitative estimate of drug-likeness (QED) is 0.0445. The number of amides is 3. The first-order valence-electron chi connectivity index (χ1n) is 25.5. The minimum absolute atomic E-state index is 0.0107. The predicted molar refractivity (Wildman–Crippen MR) is 254 cm³/mol. The van der Waals surface area contributed by atoms with E-state index in [0.29, 0.717) is 105 Å². The van der Waals surface area contributed by atoms with E-state index >= 15 is 0 Å². The van der Waals surface area contributed by atoms with Gasteiger partial charge in [0.2, 0.25) is 24.0 Å². The molecule has 0 aliphatic carbocycles. The first-order chi connectivity index (χ1) is 33.6. The van der Waals surface area contributed by atoms with E-state index in [1.807, 2.05) is 0 Å². The number of carbonyl (C=O) groups is 6. The number of ether oxygens (including phenoxy) is 8. The Morgan fingerprint density at radius 2 is 0.928 bits per heavy atom. The molecule has 0 spiro atoms. The van der Waals surface area contributed by atoms with E-state index in [1.54, 1.807) is 6.29 Å². The maximum Gasteiger partial charge on any atom is 0.326 e. The molecule has 1 rings (SSSR count). The number of Topliss-reactive ketones (excluding diaryl/α,β-unsaturated/α-hetero) is 1. The smallest absolute Gasteiger partial charge is 0.326 e. The SMILES string of the molecule is O=[C]CCOCCOCCOCCOCCOCCOCCOCCOCCNC(=O)CC[C@H](NC(=O)C1C[C@@H](C(=O)O)NC(=O)CCCCCCCCCCCCCCCCCCC1=O)C(=O)O. The summed E-state index contributed by atoms with van der Waals surface area (Å²) in [7, 11) is 0. The molecule has 0 aromatic rings. The van der Waals surface area contributed by atoms with E-state index in [1.165, 1.54) is 38.5 Å². The van der Waals surface area contributed by atoms with Gasteiger partial charge in [-0.1, -0.05) is 89.9 Å². The second kappa shape index (κ2) is 46.7. The van der Waals surface area contributed by atoms with E-state index in [0.717, 1.165) is 51.4 Å². The van der Waals surface area contributed by atoms with Crippen LogP contribution in [0.5, 0.6) is 0 Å². The number of carbonyl (C=O) groups excluding carboxylic acids is 5. The van der Waals surface area contributed by atoms with Crippen LogP contribution < -0.4 is 16.0 Å². The van der Waals surface area contributed by atoms with Crippen molar-refractivity contribution >= 4 is 41.7 Å². The molecular weight excluding hydrogens is 903 g/mol. The van der Waals surface area contributed by atoms with Gasteiger partial charge in [0, 0.05) is 32.2 Å². The van der Waals surface area contributed by atoms with Crippen molar-refractivity contribution < 1.29 is 81.7 Å². The highest BCUT2D eigenvalue weighted by Crippen LogP contribution is 2.18. The highest BCUT2D eigenvalue weighted by Gasteiger charge is 2.35. The number of aliphatic carboxylic acids is 2. The molecule has 3 atom stereocenters. The summed E-state index contributed by atoms with van der Waals surface area (Å²) >= 11 is 0. The molecule has 1 aliphatic rings. The van der Waals surface area contributed by atoms with Gasteiger partial charge in [-0.15, -0.1) is 0 Å². The summed E-state index contributed by atoms with van der Waals surface area (Å²) in [6.07, 6.45) is 17.5. The molecule has 399 valence electrons. The van der Waals surface area contributed by atoms with Crippen LogP contribution in [0.15, 0.2) is 0 Å². The van der Waals surface area contributed by atoms with E-state index in [9.17, 15) is 43.8 Å². The molecule has 20 nitrogen and oxygen atoms in total. The van der Waals surface area contributed by atoms with Crippen LogP contribution in [0.4, 0.5) is 0 Å². The van der Waals surface area contributed by atoms with Crippen LogP contribution in [0.2, 0.25) is 0 Å². The number of nitrogens with one attached hydrogen (secondary N) is 3. The molecule has 69 heavy (non-hydrogen) atoms. The van der Waals surface area contributed by atoms with Crippen molar-refractivity contribution in [2.75, 3.05) is 112 Å². The van der Waals surface area contributed by atoms with Crippen molar-refractivity contribution in [2.45, 2.75) is 153 Å². The fourth-order valence-electron chi connectivity index (χ4n) is 7.25. The first-order valence-corrected chi connectivity index (χ1v) is 25.5. The highest BCUT2D eigenvalue weighted by molar-refractivity contribution is 6.03. The van der Waals surface area contributed by atoms with Gasteiger partial charge in [0.15, 0.2) is 0 Å². The summed E-state index contributed by atoms with van der Waals surface area (Å²) < 4.78 is 43.3. The second-order valence-corrected chi connectivity index (χ2v) is 17.0. The molecule has 1 heterocycles. The van der Waals surface area contributed by atoms with Crippen LogP contribution in [-0.4, -0.2) is 176 Å². The van der Waals surface area contributed by atoms with Crippen LogP contribution in [0.1, 0.15) is 141 Å². The highest BCUT2D eigenvalue weighted by atomic mass is 16.6. The minimum Gasteiger partial charge on any atom is -0.480 e. The lowest BCUT2D eigenvalue weighted by molar-refractivity contribution is -0.146. The fraction of sp³-hybridized carbons (Fsp3) is 0.857. The van der Waals surface area contributed by atoms with Crippen LogP contribution in [-0.2, 0) is 71.5 Å². The van der Waals surface area contributed by atoms with Gasteiger partial charge in [-0.3, -0.25) is 24.0 Å². The monoisotopic (exact) mass is 989 g/mol. The average molecular weight is 989 g/mol. The normalized spacial score (nSPS) is 18.3. The third kappa shape index (κ3) is 39.7. The van der Waals surface area contributed by atoms with Gasteiger partial charge < -0.3 is 64.1 Å². The number of hydrogen-bond donors (Lipinski definition) is 5. The molecule has 1 unspecified atom stereocenters. The van der Waals surface area contributed by atoms with E-state index in [-0.39, 0.29) is 51.9 Å². The standard InChI is InChI=1S/C49H86N3O17/c53-23-17-24-62-26-28-64-30-32-66-34-36-68-38-39-69-37-35-67-33-31-65-29-27-63-25-22-50-45(55)21-20-42(48(58)59)52-47(57)41-40-43(49(60)61)51-46(56)19-16-14-12-10-8-6-4-2-1-3-5-7-9-11-13-15-18-44(41)54/h41-43H,1-22,24-40H2,(H,50,55)(H,51,56)(H,52,57)(H,58,59)(H,60,61)/t41?,42-,43-/m0/s1. The Balaban J connectivity index is 2.31. The lowest BCUT2D eigenvalue weighted by Gasteiger charge is -2.23. The van der Waals surface area contributed by atoms with Crippen LogP contribution in [0.3, 0.4) is 0 Å². The summed E-state index contributed by atoms with van der Waals surface area (Å²) in [4.78, 5) is 86.9. The fourth-order valence-corrected chi connectivity index (χ4v) is 7.25. The van der Waals surface area contributed by atoms with E-state index in [2.05, 4.69) is 16.0 Å². The molecule has 3 amide bonds. The van der Waals surface area contributed by atoms with Crippen molar-refractivity contribution in [3.63, 3.8) is 0 Å². The Labute approximate surface area is 410 Å². The molecule has 0 aromatic heterocycles. The third-order valence-corrected chi connectivity index (χ3v) is 11.2. The number of hydrogen-bond acceptors (Lipinski definition) is 15. The Morgan fingerprint density at radius 1 is 0.551 bits per heavy atom. The Hall–Kier alpha value is -3.63. The number of carboxylic acids is 2. The van der Waals surface area contributed by atoms with Gasteiger partial charge in [-0.25, -0.2) is 9.59 Å². The minimum atomic E-state index is -1.52. The average Bonchev–Trinajstić information content (AvgIpc) is 3.32. The van der Waals surface area contributed by atoms with E-state index in [4.69, 9.17) is 37.9 Å².